The van der Waals surface area contributed by atoms with Gasteiger partial charge in [-0.25, -0.2) is 0 Å². The number of hydrogen-bond acceptors (Lipinski definition) is 2. The van der Waals surface area contributed by atoms with Crippen molar-refractivity contribution in [2.75, 3.05) is 0 Å². The summed E-state index contributed by atoms with van der Waals surface area (Å²) in [6.07, 6.45) is 0. The number of hydrogen-bond donors (Lipinski definition) is 0. The molecule has 46 heavy (non-hydrogen) atoms. The number of benzene rings is 8. The highest BCUT2D eigenvalue weighted by molar-refractivity contribution is 7.28. The van der Waals surface area contributed by atoms with Crippen LogP contribution in [0, 0.1) is 0 Å². The van der Waals surface area contributed by atoms with E-state index in [0.717, 1.165) is 0 Å². The highest BCUT2D eigenvalue weighted by atomic mass is 32.1. The zero-order valence-corrected chi connectivity index (χ0v) is 26.5. The van der Waals surface area contributed by atoms with E-state index in [2.05, 4.69) is 158 Å². The highest BCUT2D eigenvalue weighted by Gasteiger charge is 2.24. The van der Waals surface area contributed by atoms with Crippen molar-refractivity contribution >= 4 is 85.2 Å². The van der Waals surface area contributed by atoms with Gasteiger partial charge in [0.25, 0.3) is 0 Å². The molecule has 0 fully saturated rings. The third-order valence-electron chi connectivity index (χ3n) is 9.46. The van der Waals surface area contributed by atoms with Gasteiger partial charge in [-0.05, 0) is 67.2 Å². The van der Waals surface area contributed by atoms with Crippen molar-refractivity contribution in [1.82, 2.24) is 0 Å². The van der Waals surface area contributed by atoms with Crippen molar-refractivity contribution in [3.63, 3.8) is 0 Å². The molecule has 214 valence electrons. The fraction of sp³-hybridized carbons (Fsp3) is 0. The van der Waals surface area contributed by atoms with Crippen LogP contribution in [0.3, 0.4) is 0 Å². The lowest BCUT2D eigenvalue weighted by Gasteiger charge is -2.18. The van der Waals surface area contributed by atoms with Crippen LogP contribution in [0.4, 0.5) is 0 Å². The van der Waals surface area contributed by atoms with E-state index >= 15 is 0 Å². The molecule has 10 rings (SSSR count). The monoisotopic (exact) mass is 618 g/mol. The molecule has 2 heterocycles. The summed E-state index contributed by atoms with van der Waals surface area (Å²) < 4.78 is 4.05. The molecule has 0 unspecified atom stereocenters. The van der Waals surface area contributed by atoms with Gasteiger partial charge < -0.3 is 0 Å². The quantitative estimate of drug-likeness (QED) is 0.173. The minimum Gasteiger partial charge on any atom is -0.134 e. The van der Waals surface area contributed by atoms with Gasteiger partial charge in [0.05, 0.1) is 0 Å². The van der Waals surface area contributed by atoms with E-state index < -0.39 is 0 Å². The number of rotatable bonds is 3. The third kappa shape index (κ3) is 3.78. The zero-order chi connectivity index (χ0) is 30.2. The lowest BCUT2D eigenvalue weighted by molar-refractivity contribution is 1.68. The molecule has 0 aliphatic rings. The van der Waals surface area contributed by atoms with E-state index in [0.29, 0.717) is 0 Å². The summed E-state index contributed by atoms with van der Waals surface area (Å²) in [6.45, 7) is 0. The van der Waals surface area contributed by atoms with Crippen LogP contribution in [-0.4, -0.2) is 0 Å². The maximum Gasteiger partial charge on any atom is 0.0448 e. The molecule has 10 aromatic rings. The van der Waals surface area contributed by atoms with E-state index in [9.17, 15) is 0 Å². The normalized spacial score (nSPS) is 11.9. The topological polar surface area (TPSA) is 0 Å². The Morgan fingerprint density at radius 2 is 0.935 bits per heavy atom. The Balaban J connectivity index is 1.37. The molecular formula is C44H26S2. The first kappa shape index (κ1) is 26.0. The summed E-state index contributed by atoms with van der Waals surface area (Å²) in [7, 11) is 0. The Morgan fingerprint density at radius 1 is 0.326 bits per heavy atom. The first-order valence-electron chi connectivity index (χ1n) is 15.7. The van der Waals surface area contributed by atoms with Crippen LogP contribution in [0.2, 0.25) is 0 Å². The Morgan fingerprint density at radius 3 is 1.67 bits per heavy atom. The van der Waals surface area contributed by atoms with Crippen LogP contribution in [0.15, 0.2) is 158 Å². The van der Waals surface area contributed by atoms with Crippen LogP contribution >= 0.6 is 22.7 Å². The molecule has 0 spiro atoms. The molecule has 0 amide bonds. The van der Waals surface area contributed by atoms with Crippen LogP contribution in [-0.2, 0) is 0 Å². The van der Waals surface area contributed by atoms with E-state index in [1.54, 1.807) is 0 Å². The van der Waals surface area contributed by atoms with Gasteiger partial charge in [0.15, 0.2) is 0 Å². The van der Waals surface area contributed by atoms with E-state index in [1.165, 1.54) is 95.3 Å². The maximum atomic E-state index is 2.36. The summed E-state index contributed by atoms with van der Waals surface area (Å²) in [5, 5.41) is 11.7. The van der Waals surface area contributed by atoms with Crippen LogP contribution in [0.25, 0.3) is 95.3 Å². The van der Waals surface area contributed by atoms with Gasteiger partial charge in [-0.15, -0.1) is 22.7 Å². The zero-order valence-electron chi connectivity index (χ0n) is 24.8. The largest absolute Gasteiger partial charge is 0.134 e. The highest BCUT2D eigenvalue weighted by Crippen LogP contribution is 2.54. The van der Waals surface area contributed by atoms with E-state index in [-0.39, 0.29) is 0 Å². The van der Waals surface area contributed by atoms with E-state index in [4.69, 9.17) is 0 Å². The van der Waals surface area contributed by atoms with Gasteiger partial charge in [0.1, 0.15) is 0 Å². The fourth-order valence-electron chi connectivity index (χ4n) is 7.45. The minimum atomic E-state index is 1.25. The molecule has 0 saturated heterocycles. The molecule has 0 saturated carbocycles. The third-order valence-corrected chi connectivity index (χ3v) is 11.8. The summed E-state index contributed by atoms with van der Waals surface area (Å²) in [6, 6.07) is 58.2. The number of fused-ring (bicyclic) bond motifs is 8. The van der Waals surface area contributed by atoms with Crippen molar-refractivity contribution < 1.29 is 0 Å². The summed E-state index contributed by atoms with van der Waals surface area (Å²) in [5.41, 5.74) is 6.48. The second-order valence-electron chi connectivity index (χ2n) is 12.0. The molecule has 0 N–H and O–H groups in total. The predicted octanol–water partition coefficient (Wildman–Crippen LogP) is 13.7. The minimum absolute atomic E-state index is 1.25. The molecule has 0 bridgehead atoms. The lowest BCUT2D eigenvalue weighted by atomic mass is 9.86. The second kappa shape index (κ2) is 10.1. The van der Waals surface area contributed by atoms with Gasteiger partial charge in [0.2, 0.25) is 0 Å². The maximum absolute atomic E-state index is 2.36. The lowest BCUT2D eigenvalue weighted by Crippen LogP contribution is -1.91. The molecule has 2 aromatic heterocycles. The second-order valence-corrected chi connectivity index (χ2v) is 14.1. The van der Waals surface area contributed by atoms with Crippen LogP contribution in [0.5, 0.6) is 0 Å². The molecule has 8 aromatic carbocycles. The fourth-order valence-corrected chi connectivity index (χ4v) is 10.1. The average Bonchev–Trinajstić information content (AvgIpc) is 3.69. The van der Waals surface area contributed by atoms with Gasteiger partial charge >= 0.3 is 0 Å². The smallest absolute Gasteiger partial charge is 0.0448 e. The number of thiophene rings is 2. The Bertz CT molecular complexity index is 2740. The SMILES string of the molecule is c1ccc(-c2c(-c3c4ccccc4c(-c4ccc5ccccc5c4)c4ccccc34)sc3ccc4c5ccccc5sc4c23)cc1. The van der Waals surface area contributed by atoms with Gasteiger partial charge in [-0.1, -0.05) is 140 Å². The summed E-state index contributed by atoms with van der Waals surface area (Å²) >= 11 is 3.86. The average molecular weight is 619 g/mol. The van der Waals surface area contributed by atoms with Crippen molar-refractivity contribution in [2.24, 2.45) is 0 Å². The van der Waals surface area contributed by atoms with Crippen molar-refractivity contribution in [3.05, 3.63) is 158 Å². The molecular weight excluding hydrogens is 593 g/mol. The van der Waals surface area contributed by atoms with Gasteiger partial charge in [-0.2, -0.15) is 0 Å². The standard InChI is InChI=1S/C44H26S2/c1-2-13-28(14-3-1)40-42-38(25-24-36-31-16-10-11-21-37(31)45-43(36)42)46-44(40)41-34-19-8-6-17-32(34)39(33-18-7-9-20-35(33)41)30-23-22-27-12-4-5-15-29(27)26-30/h1-26H. The summed E-state index contributed by atoms with van der Waals surface area (Å²) in [5.74, 6) is 0. The first-order valence-corrected chi connectivity index (χ1v) is 17.3. The van der Waals surface area contributed by atoms with Crippen LogP contribution in [0.1, 0.15) is 0 Å². The molecule has 0 aliphatic carbocycles. The van der Waals surface area contributed by atoms with E-state index in [1.807, 2.05) is 22.7 Å². The Hall–Kier alpha value is -5.28. The molecule has 0 atom stereocenters. The molecule has 0 nitrogen and oxygen atoms in total. The Kier molecular flexibility index (Phi) is 5.72. The summed E-state index contributed by atoms with van der Waals surface area (Å²) in [4.78, 5) is 1.34. The van der Waals surface area contributed by atoms with Crippen molar-refractivity contribution in [1.29, 1.82) is 0 Å². The first-order chi connectivity index (χ1) is 22.8. The molecule has 0 radical (unpaired) electrons. The van der Waals surface area contributed by atoms with Crippen molar-refractivity contribution in [3.8, 4) is 32.7 Å². The predicted molar refractivity (Wildman–Crippen MR) is 204 cm³/mol. The Labute approximate surface area is 274 Å². The van der Waals surface area contributed by atoms with Gasteiger partial charge in [0, 0.05) is 46.3 Å². The van der Waals surface area contributed by atoms with Crippen molar-refractivity contribution in [2.45, 2.75) is 0 Å². The molecule has 0 aliphatic heterocycles. The van der Waals surface area contributed by atoms with Crippen LogP contribution < -0.4 is 0 Å². The van der Waals surface area contributed by atoms with Gasteiger partial charge in [-0.3, -0.25) is 0 Å². The molecule has 2 heteroatoms.